The van der Waals surface area contributed by atoms with Gasteiger partial charge in [-0.15, -0.1) is 11.3 Å². The highest BCUT2D eigenvalue weighted by Gasteiger charge is 2.43. The third kappa shape index (κ3) is 6.19. The van der Waals surface area contributed by atoms with E-state index in [9.17, 15) is 9.18 Å². The van der Waals surface area contributed by atoms with Crippen molar-refractivity contribution in [3.05, 3.63) is 62.6 Å². The van der Waals surface area contributed by atoms with Gasteiger partial charge in [0.25, 0.3) is 0 Å². The highest BCUT2D eigenvalue weighted by Crippen LogP contribution is 2.49. The van der Waals surface area contributed by atoms with Crippen LogP contribution < -0.4 is 9.64 Å². The zero-order valence-electron chi connectivity index (χ0n) is 22.1. The highest BCUT2D eigenvalue weighted by molar-refractivity contribution is 7.11. The van der Waals surface area contributed by atoms with Crippen LogP contribution >= 0.6 is 22.9 Å². The van der Waals surface area contributed by atoms with Gasteiger partial charge in [0.1, 0.15) is 11.6 Å². The van der Waals surface area contributed by atoms with Crippen molar-refractivity contribution < 1.29 is 13.9 Å². The molecule has 2 fully saturated rings. The molecule has 2 unspecified atom stereocenters. The number of hydrogen-bond donors (Lipinski definition) is 0. The van der Waals surface area contributed by atoms with Crippen molar-refractivity contribution in [3.8, 4) is 5.75 Å². The number of aryl methyl sites for hydroxylation is 1. The van der Waals surface area contributed by atoms with Gasteiger partial charge in [0.15, 0.2) is 0 Å². The van der Waals surface area contributed by atoms with Crippen molar-refractivity contribution in [2.24, 2.45) is 17.8 Å². The maximum atomic E-state index is 14.8. The largest absolute Gasteiger partial charge is 0.493 e. The molecule has 0 radical (unpaired) electrons. The van der Waals surface area contributed by atoms with E-state index in [1.54, 1.807) is 35.9 Å². The summed E-state index contributed by atoms with van der Waals surface area (Å²) < 4.78 is 20.7. The van der Waals surface area contributed by atoms with Crippen LogP contribution in [0, 0.1) is 30.5 Å². The number of amides is 1. The Morgan fingerprint density at radius 1 is 1.21 bits per heavy atom. The third-order valence-electron chi connectivity index (χ3n) is 8.33. The number of fused-ring (bicyclic) bond motifs is 1. The molecule has 2 atom stereocenters. The molecule has 206 valence electrons. The van der Waals surface area contributed by atoms with E-state index in [-0.39, 0.29) is 18.1 Å². The fourth-order valence-corrected chi connectivity index (χ4v) is 7.17. The Balaban J connectivity index is 0.924. The van der Waals surface area contributed by atoms with E-state index < -0.39 is 0 Å². The normalized spacial score (nSPS) is 21.1. The van der Waals surface area contributed by atoms with Crippen LogP contribution in [-0.2, 0) is 24.2 Å². The van der Waals surface area contributed by atoms with E-state index in [1.165, 1.54) is 12.5 Å². The smallest absolute Gasteiger partial charge is 0.227 e. The third-order valence-corrected chi connectivity index (χ3v) is 9.52. The maximum absolute atomic E-state index is 14.8. The Labute approximate surface area is 237 Å². The van der Waals surface area contributed by atoms with Crippen molar-refractivity contribution in [2.45, 2.75) is 52.0 Å². The number of carbonyl (C=O) groups is 1. The van der Waals surface area contributed by atoms with Gasteiger partial charge in [0, 0.05) is 37.0 Å². The lowest BCUT2D eigenvalue weighted by Crippen LogP contribution is -2.36. The quantitative estimate of drug-likeness (QED) is 0.358. The average molecular weight is 570 g/mol. The van der Waals surface area contributed by atoms with Gasteiger partial charge in [0.05, 0.1) is 47.7 Å². The molecule has 0 spiro atoms. The van der Waals surface area contributed by atoms with Crippen LogP contribution in [0.25, 0.3) is 0 Å². The summed E-state index contributed by atoms with van der Waals surface area (Å²) in [5, 5.41) is 1.59. The van der Waals surface area contributed by atoms with Crippen LogP contribution in [0.2, 0.25) is 5.02 Å². The van der Waals surface area contributed by atoms with E-state index in [0.29, 0.717) is 41.9 Å². The molecule has 1 aliphatic carbocycles. The molecule has 0 bridgehead atoms. The molecule has 1 amide bonds. The minimum Gasteiger partial charge on any atom is -0.493 e. The molecule has 2 aliphatic heterocycles. The van der Waals surface area contributed by atoms with Gasteiger partial charge in [-0.1, -0.05) is 17.7 Å². The molecule has 10 heteroatoms. The lowest BCUT2D eigenvalue weighted by molar-refractivity contribution is -0.131. The van der Waals surface area contributed by atoms with Crippen molar-refractivity contribution in [1.82, 2.24) is 19.9 Å². The molecule has 2 aromatic heterocycles. The number of nitrogens with zero attached hydrogens (tertiary/aromatic N) is 5. The van der Waals surface area contributed by atoms with E-state index in [0.717, 1.165) is 72.1 Å². The first-order chi connectivity index (χ1) is 18.9. The second-order valence-corrected chi connectivity index (χ2v) is 12.6. The predicted octanol–water partition coefficient (Wildman–Crippen LogP) is 5.48. The molecule has 1 saturated heterocycles. The summed E-state index contributed by atoms with van der Waals surface area (Å²) in [4.78, 5) is 31.3. The van der Waals surface area contributed by atoms with Crippen molar-refractivity contribution in [3.63, 3.8) is 0 Å². The van der Waals surface area contributed by atoms with E-state index in [4.69, 9.17) is 16.3 Å². The zero-order valence-corrected chi connectivity index (χ0v) is 23.7. The molecular weight excluding hydrogens is 537 g/mol. The molecule has 3 aliphatic rings. The van der Waals surface area contributed by atoms with Gasteiger partial charge in [-0.25, -0.2) is 19.3 Å². The number of anilines is 1. The molecule has 39 heavy (non-hydrogen) atoms. The number of halogens is 2. The van der Waals surface area contributed by atoms with Crippen LogP contribution in [0.1, 0.15) is 46.8 Å². The summed E-state index contributed by atoms with van der Waals surface area (Å²) in [5.41, 5.74) is 1.51. The zero-order chi connectivity index (χ0) is 26.9. The number of piperidine rings is 1. The fourth-order valence-electron chi connectivity index (χ4n) is 6.08. The summed E-state index contributed by atoms with van der Waals surface area (Å²) >= 11 is 7.54. The topological polar surface area (TPSA) is 71.5 Å². The first-order valence-corrected chi connectivity index (χ1v) is 15.0. The second kappa shape index (κ2) is 11.4. The SMILES string of the molecule is Cc1nc2c(s1)CN(C(=O)Cc1ccc(OCCC3CC3C3CCN(c4ncc(Cl)cn4)CC3)cc1F)CC2. The Hall–Kier alpha value is -2.78. The number of rotatable bonds is 8. The Morgan fingerprint density at radius 3 is 2.77 bits per heavy atom. The van der Waals surface area contributed by atoms with Gasteiger partial charge in [-0.2, -0.15) is 0 Å². The Kier molecular flexibility index (Phi) is 7.71. The van der Waals surface area contributed by atoms with Crippen molar-refractivity contribution >= 4 is 34.8 Å². The number of hydrogen-bond acceptors (Lipinski definition) is 7. The van der Waals surface area contributed by atoms with Gasteiger partial charge in [-0.05, 0) is 62.0 Å². The van der Waals surface area contributed by atoms with Gasteiger partial charge in [-0.3, -0.25) is 4.79 Å². The summed E-state index contributed by atoms with van der Waals surface area (Å²) in [7, 11) is 0. The van der Waals surface area contributed by atoms with Crippen molar-refractivity contribution in [1.29, 1.82) is 0 Å². The summed E-state index contributed by atoms with van der Waals surface area (Å²) in [6.07, 6.45) is 8.68. The number of ether oxygens (including phenoxy) is 1. The van der Waals surface area contributed by atoms with Gasteiger partial charge < -0.3 is 14.5 Å². The number of thiazole rings is 1. The average Bonchev–Trinajstić information content (AvgIpc) is 3.61. The Bertz CT molecular complexity index is 1330. The highest BCUT2D eigenvalue weighted by atomic mass is 35.5. The molecule has 4 heterocycles. The van der Waals surface area contributed by atoms with E-state index in [2.05, 4.69) is 19.9 Å². The molecule has 6 rings (SSSR count). The molecule has 3 aromatic rings. The number of aromatic nitrogens is 3. The summed E-state index contributed by atoms with van der Waals surface area (Å²) in [6, 6.07) is 4.89. The molecule has 7 nitrogen and oxygen atoms in total. The maximum Gasteiger partial charge on any atom is 0.227 e. The minimum atomic E-state index is -0.382. The molecule has 1 saturated carbocycles. The lowest BCUT2D eigenvalue weighted by atomic mass is 9.90. The number of carbonyl (C=O) groups excluding carboxylic acids is 1. The van der Waals surface area contributed by atoms with Crippen LogP contribution in [0.5, 0.6) is 5.75 Å². The standard InChI is InChI=1S/C29H33ClFN5O2S/c1-18-34-26-6-10-36(17-27(26)39-18)28(37)13-21-2-3-23(14-25(21)31)38-11-7-20-12-24(20)19-4-8-35(9-5-19)29-32-15-22(30)16-33-29/h2-3,14-16,19-20,24H,4-13,17H2,1H3. The van der Waals surface area contributed by atoms with Crippen LogP contribution in [-0.4, -0.2) is 52.0 Å². The van der Waals surface area contributed by atoms with Gasteiger partial charge >= 0.3 is 0 Å². The first kappa shape index (κ1) is 26.4. The molecular formula is C29H33ClFN5O2S. The predicted molar refractivity (Wildman–Crippen MR) is 150 cm³/mol. The second-order valence-electron chi connectivity index (χ2n) is 10.9. The number of benzene rings is 1. The van der Waals surface area contributed by atoms with Gasteiger partial charge in [0.2, 0.25) is 11.9 Å². The molecule has 0 N–H and O–H groups in total. The van der Waals surface area contributed by atoms with Crippen molar-refractivity contribution in [2.75, 3.05) is 31.1 Å². The van der Waals surface area contributed by atoms with Crippen LogP contribution in [0.15, 0.2) is 30.6 Å². The molecule has 1 aromatic carbocycles. The minimum absolute atomic E-state index is 0.0504. The van der Waals surface area contributed by atoms with E-state index >= 15 is 0 Å². The monoisotopic (exact) mass is 569 g/mol. The fraction of sp³-hybridized carbons (Fsp3) is 0.517. The van der Waals surface area contributed by atoms with E-state index in [1.807, 2.05) is 11.8 Å². The Morgan fingerprint density at radius 2 is 2.00 bits per heavy atom. The first-order valence-electron chi connectivity index (χ1n) is 13.8. The van der Waals surface area contributed by atoms with Crippen LogP contribution in [0.4, 0.5) is 10.3 Å². The van der Waals surface area contributed by atoms with Crippen LogP contribution in [0.3, 0.4) is 0 Å². The summed E-state index contributed by atoms with van der Waals surface area (Å²) in [6.45, 7) is 5.73. The lowest BCUT2D eigenvalue weighted by Gasteiger charge is -2.32. The summed E-state index contributed by atoms with van der Waals surface area (Å²) in [5.74, 6) is 3.03.